The van der Waals surface area contributed by atoms with Gasteiger partial charge < -0.3 is 9.47 Å². The second-order valence-electron chi connectivity index (χ2n) is 3.21. The summed E-state index contributed by atoms with van der Waals surface area (Å²) in [6, 6.07) is 5.32. The molecule has 5 heteroatoms. The van der Waals surface area contributed by atoms with E-state index in [9.17, 15) is 4.79 Å². The van der Waals surface area contributed by atoms with Gasteiger partial charge in [-0.1, -0.05) is 27.5 Å². The third-order valence-corrected chi connectivity index (χ3v) is 2.85. The molecular formula is C11H12BrClO3. The molecule has 1 aromatic carbocycles. The zero-order chi connectivity index (χ0) is 12.1. The maximum absolute atomic E-state index is 11.1. The number of benzene rings is 1. The topological polar surface area (TPSA) is 35.5 Å². The van der Waals surface area contributed by atoms with E-state index in [0.717, 1.165) is 5.56 Å². The van der Waals surface area contributed by atoms with Crippen LogP contribution in [0.5, 0.6) is 5.75 Å². The number of halogens is 2. The van der Waals surface area contributed by atoms with Crippen molar-refractivity contribution in [1.82, 2.24) is 0 Å². The molecule has 0 aliphatic rings. The van der Waals surface area contributed by atoms with Gasteiger partial charge in [0.2, 0.25) is 0 Å². The average molecular weight is 308 g/mol. The molecule has 1 rings (SSSR count). The van der Waals surface area contributed by atoms with Gasteiger partial charge in [0, 0.05) is 5.02 Å². The summed E-state index contributed by atoms with van der Waals surface area (Å²) >= 11 is 8.99. The number of hydrogen-bond donors (Lipinski definition) is 0. The summed E-state index contributed by atoms with van der Waals surface area (Å²) in [6.07, 6.45) is 0. The summed E-state index contributed by atoms with van der Waals surface area (Å²) in [6.45, 7) is 2.11. The van der Waals surface area contributed by atoms with Crippen LogP contribution in [-0.4, -0.2) is 24.5 Å². The Morgan fingerprint density at radius 2 is 2.25 bits per heavy atom. The zero-order valence-electron chi connectivity index (χ0n) is 9.00. The maximum Gasteiger partial charge on any atom is 0.322 e. The molecule has 0 radical (unpaired) electrons. The summed E-state index contributed by atoms with van der Waals surface area (Å²) in [5.41, 5.74) is 0.928. The maximum atomic E-state index is 11.1. The second-order valence-corrected chi connectivity index (χ2v) is 4.75. The van der Waals surface area contributed by atoms with Crippen LogP contribution in [0.1, 0.15) is 5.56 Å². The molecule has 0 aliphatic carbocycles. The van der Waals surface area contributed by atoms with E-state index in [-0.39, 0.29) is 12.6 Å². The van der Waals surface area contributed by atoms with E-state index in [0.29, 0.717) is 10.8 Å². The van der Waals surface area contributed by atoms with Gasteiger partial charge in [0.05, 0.1) is 7.11 Å². The monoisotopic (exact) mass is 306 g/mol. The van der Waals surface area contributed by atoms with Crippen molar-refractivity contribution in [3.8, 4) is 5.75 Å². The number of esters is 1. The highest BCUT2D eigenvalue weighted by atomic mass is 79.9. The molecule has 1 aromatic rings. The van der Waals surface area contributed by atoms with E-state index < -0.39 is 4.83 Å². The minimum atomic E-state index is -0.465. The molecule has 1 atom stereocenters. The number of rotatable bonds is 4. The van der Waals surface area contributed by atoms with Crippen molar-refractivity contribution in [2.75, 3.05) is 13.7 Å². The van der Waals surface area contributed by atoms with E-state index in [1.807, 2.05) is 6.92 Å². The van der Waals surface area contributed by atoms with Crippen molar-refractivity contribution < 1.29 is 14.3 Å². The first-order valence-corrected chi connectivity index (χ1v) is 5.95. The number of methoxy groups -OCH3 is 1. The van der Waals surface area contributed by atoms with Gasteiger partial charge in [-0.05, 0) is 30.7 Å². The Labute approximate surface area is 108 Å². The van der Waals surface area contributed by atoms with Crippen molar-refractivity contribution in [2.45, 2.75) is 11.8 Å². The Morgan fingerprint density at radius 3 is 2.81 bits per heavy atom. The summed E-state index contributed by atoms with van der Waals surface area (Å²) < 4.78 is 10.0. The molecule has 0 aromatic heterocycles. The Kier molecular flexibility index (Phi) is 5.09. The lowest BCUT2D eigenvalue weighted by atomic mass is 10.2. The fourth-order valence-electron chi connectivity index (χ4n) is 1.13. The zero-order valence-corrected chi connectivity index (χ0v) is 11.3. The first-order chi connectivity index (χ1) is 7.54. The van der Waals surface area contributed by atoms with Gasteiger partial charge in [0.15, 0.2) is 0 Å². The third-order valence-electron chi connectivity index (χ3n) is 1.98. The number of carbonyl (C=O) groups excluding carboxylic acids is 1. The van der Waals surface area contributed by atoms with Crippen LogP contribution in [0.4, 0.5) is 0 Å². The van der Waals surface area contributed by atoms with Crippen molar-refractivity contribution in [2.24, 2.45) is 0 Å². The van der Waals surface area contributed by atoms with Crippen LogP contribution in [0, 0.1) is 6.92 Å². The predicted molar refractivity (Wildman–Crippen MR) is 66.4 cm³/mol. The SMILES string of the molecule is COC(=O)C(Br)COc1ccc(Cl)cc1C. The van der Waals surface area contributed by atoms with Crippen LogP contribution in [0.3, 0.4) is 0 Å². The van der Waals surface area contributed by atoms with Crippen LogP contribution in [0.2, 0.25) is 5.02 Å². The van der Waals surface area contributed by atoms with E-state index in [1.165, 1.54) is 7.11 Å². The Morgan fingerprint density at radius 1 is 1.56 bits per heavy atom. The van der Waals surface area contributed by atoms with E-state index in [4.69, 9.17) is 16.3 Å². The number of ether oxygens (including phenoxy) is 2. The molecule has 88 valence electrons. The number of carbonyl (C=O) groups is 1. The minimum absolute atomic E-state index is 0.217. The van der Waals surface area contributed by atoms with Crippen LogP contribution in [0.25, 0.3) is 0 Å². The smallest absolute Gasteiger partial charge is 0.322 e. The van der Waals surface area contributed by atoms with Crippen LogP contribution in [-0.2, 0) is 9.53 Å². The molecule has 0 heterocycles. The molecule has 0 fully saturated rings. The van der Waals surface area contributed by atoms with Gasteiger partial charge in [0.1, 0.15) is 17.2 Å². The van der Waals surface area contributed by atoms with Crippen molar-refractivity contribution in [3.63, 3.8) is 0 Å². The quantitative estimate of drug-likeness (QED) is 0.634. The minimum Gasteiger partial charge on any atom is -0.492 e. The fourth-order valence-corrected chi connectivity index (χ4v) is 1.68. The molecule has 16 heavy (non-hydrogen) atoms. The van der Waals surface area contributed by atoms with Gasteiger partial charge in [-0.2, -0.15) is 0 Å². The highest BCUT2D eigenvalue weighted by Crippen LogP contribution is 2.22. The summed E-state index contributed by atoms with van der Waals surface area (Å²) in [7, 11) is 1.34. The Bertz CT molecular complexity index is 381. The molecule has 0 bridgehead atoms. The van der Waals surface area contributed by atoms with Crippen molar-refractivity contribution >= 4 is 33.5 Å². The number of hydrogen-bond acceptors (Lipinski definition) is 3. The number of alkyl halides is 1. The Hall–Kier alpha value is -0.740. The standard InChI is InChI=1S/C11H12BrClO3/c1-7-5-8(13)3-4-10(7)16-6-9(12)11(14)15-2/h3-5,9H,6H2,1-2H3. The summed E-state index contributed by atoms with van der Waals surface area (Å²) in [4.78, 5) is 10.6. The third kappa shape index (κ3) is 3.68. The molecule has 3 nitrogen and oxygen atoms in total. The molecule has 0 N–H and O–H groups in total. The van der Waals surface area contributed by atoms with E-state index in [2.05, 4.69) is 20.7 Å². The normalized spacial score (nSPS) is 12.0. The lowest BCUT2D eigenvalue weighted by Gasteiger charge is -2.11. The van der Waals surface area contributed by atoms with E-state index >= 15 is 0 Å². The lowest BCUT2D eigenvalue weighted by Crippen LogP contribution is -2.23. The van der Waals surface area contributed by atoms with Crippen molar-refractivity contribution in [3.05, 3.63) is 28.8 Å². The van der Waals surface area contributed by atoms with Crippen LogP contribution < -0.4 is 4.74 Å². The molecular weight excluding hydrogens is 295 g/mol. The van der Waals surface area contributed by atoms with E-state index in [1.54, 1.807) is 18.2 Å². The Balaban J connectivity index is 2.58. The average Bonchev–Trinajstić information content (AvgIpc) is 2.26. The van der Waals surface area contributed by atoms with Gasteiger partial charge in [-0.25, -0.2) is 0 Å². The fraction of sp³-hybridized carbons (Fsp3) is 0.364. The molecule has 0 amide bonds. The van der Waals surface area contributed by atoms with Crippen LogP contribution >= 0.6 is 27.5 Å². The molecule has 0 saturated carbocycles. The number of aryl methyl sites for hydroxylation is 1. The lowest BCUT2D eigenvalue weighted by molar-refractivity contribution is -0.140. The highest BCUT2D eigenvalue weighted by Gasteiger charge is 2.16. The molecule has 1 unspecified atom stereocenters. The first kappa shape index (κ1) is 13.3. The molecule has 0 aliphatic heterocycles. The predicted octanol–water partition coefficient (Wildman–Crippen LogP) is 2.96. The van der Waals surface area contributed by atoms with Crippen LogP contribution in [0.15, 0.2) is 18.2 Å². The van der Waals surface area contributed by atoms with Gasteiger partial charge >= 0.3 is 5.97 Å². The second kappa shape index (κ2) is 6.11. The van der Waals surface area contributed by atoms with Crippen molar-refractivity contribution in [1.29, 1.82) is 0 Å². The largest absolute Gasteiger partial charge is 0.492 e. The summed E-state index contributed by atoms with van der Waals surface area (Å²) in [5.74, 6) is 0.351. The highest BCUT2D eigenvalue weighted by molar-refractivity contribution is 9.10. The van der Waals surface area contributed by atoms with Gasteiger partial charge in [-0.3, -0.25) is 4.79 Å². The molecule has 0 spiro atoms. The van der Waals surface area contributed by atoms with Gasteiger partial charge in [-0.15, -0.1) is 0 Å². The summed E-state index contributed by atoms with van der Waals surface area (Å²) in [5, 5.41) is 0.660. The first-order valence-electron chi connectivity index (χ1n) is 4.65. The molecule has 0 saturated heterocycles. The van der Waals surface area contributed by atoms with Gasteiger partial charge in [0.25, 0.3) is 0 Å².